The van der Waals surface area contributed by atoms with Gasteiger partial charge in [-0.05, 0) is 57.2 Å². The van der Waals surface area contributed by atoms with Gasteiger partial charge in [0.15, 0.2) is 4.90 Å². The van der Waals surface area contributed by atoms with E-state index in [0.29, 0.717) is 11.3 Å². The Bertz CT molecular complexity index is 1370. The quantitative estimate of drug-likeness (QED) is 0.410. The first-order valence-electron chi connectivity index (χ1n) is 10.0. The topological polar surface area (TPSA) is 78.3 Å². The molecule has 0 aliphatic carbocycles. The lowest BCUT2D eigenvalue weighted by Crippen LogP contribution is -2.14. The summed E-state index contributed by atoms with van der Waals surface area (Å²) in [7, 11) is -4.00. The molecule has 0 fully saturated rings. The van der Waals surface area contributed by atoms with Gasteiger partial charge in [0.25, 0.3) is 0 Å². The summed E-state index contributed by atoms with van der Waals surface area (Å²) in [6.07, 6.45) is 0. The molecule has 7 heteroatoms. The highest BCUT2D eigenvalue weighted by Crippen LogP contribution is 2.35. The fourth-order valence-corrected chi connectivity index (χ4v) is 4.82. The van der Waals surface area contributed by atoms with Crippen LogP contribution in [0.25, 0.3) is 5.69 Å². The number of aryl methyl sites for hydroxylation is 3. The summed E-state index contributed by atoms with van der Waals surface area (Å²) in [6.45, 7) is 5.38. The molecule has 0 aliphatic rings. The SMILES string of the molecule is Cc1ccc(C(=O)Oc2c(S(=O)(=O)c3ccc(C)cc3)c(C)nn2-c2ccccc2)cc1. The number of ether oxygens (including phenoxy) is 1. The third-order valence-electron chi connectivity index (χ3n) is 5.04. The molecular formula is C25H22N2O4S. The molecule has 0 aliphatic heterocycles. The highest BCUT2D eigenvalue weighted by atomic mass is 32.2. The van der Waals surface area contributed by atoms with Gasteiger partial charge < -0.3 is 4.74 Å². The first kappa shape index (κ1) is 21.5. The molecule has 0 unspecified atom stereocenters. The Labute approximate surface area is 187 Å². The fraction of sp³-hybridized carbons (Fsp3) is 0.120. The van der Waals surface area contributed by atoms with Crippen molar-refractivity contribution in [2.24, 2.45) is 0 Å². The number of hydrogen-bond acceptors (Lipinski definition) is 5. The molecule has 0 atom stereocenters. The zero-order valence-corrected chi connectivity index (χ0v) is 18.8. The van der Waals surface area contributed by atoms with Gasteiger partial charge in [0, 0.05) is 0 Å². The second kappa shape index (κ2) is 8.43. The monoisotopic (exact) mass is 446 g/mol. The molecule has 6 nitrogen and oxygen atoms in total. The molecule has 32 heavy (non-hydrogen) atoms. The predicted molar refractivity (Wildman–Crippen MR) is 121 cm³/mol. The Kier molecular flexibility index (Phi) is 5.67. The largest absolute Gasteiger partial charge is 0.402 e. The number of para-hydroxylation sites is 1. The molecule has 0 saturated carbocycles. The maximum Gasteiger partial charge on any atom is 0.344 e. The van der Waals surface area contributed by atoms with Gasteiger partial charge in [-0.1, -0.05) is 53.6 Å². The minimum atomic E-state index is -4.00. The summed E-state index contributed by atoms with van der Waals surface area (Å²) < 4.78 is 34.1. The van der Waals surface area contributed by atoms with E-state index in [4.69, 9.17) is 4.74 Å². The predicted octanol–water partition coefficient (Wildman–Crippen LogP) is 4.85. The number of benzene rings is 3. The Morgan fingerprint density at radius 2 is 1.38 bits per heavy atom. The molecular weight excluding hydrogens is 424 g/mol. The summed E-state index contributed by atoms with van der Waals surface area (Å²) in [5.41, 5.74) is 3.06. The van der Waals surface area contributed by atoms with E-state index in [2.05, 4.69) is 5.10 Å². The molecule has 0 saturated heterocycles. The fourth-order valence-electron chi connectivity index (χ4n) is 3.31. The third kappa shape index (κ3) is 4.07. The maximum absolute atomic E-state index is 13.5. The van der Waals surface area contributed by atoms with Gasteiger partial charge in [0.1, 0.15) is 0 Å². The second-order valence-corrected chi connectivity index (χ2v) is 9.43. The van der Waals surface area contributed by atoms with Gasteiger partial charge in [-0.3, -0.25) is 0 Å². The van der Waals surface area contributed by atoms with E-state index in [1.807, 2.05) is 19.9 Å². The summed E-state index contributed by atoms with van der Waals surface area (Å²) in [5.74, 6) is -0.803. The Morgan fingerprint density at radius 1 is 0.812 bits per heavy atom. The second-order valence-electron chi connectivity index (χ2n) is 7.54. The minimum Gasteiger partial charge on any atom is -0.402 e. The zero-order chi connectivity index (χ0) is 22.9. The van der Waals surface area contributed by atoms with Gasteiger partial charge in [-0.2, -0.15) is 9.78 Å². The minimum absolute atomic E-state index is 0.103. The average Bonchev–Trinajstić information content (AvgIpc) is 3.11. The highest BCUT2D eigenvalue weighted by Gasteiger charge is 2.32. The number of hydrogen-bond donors (Lipinski definition) is 0. The smallest absolute Gasteiger partial charge is 0.344 e. The Hall–Kier alpha value is -3.71. The van der Waals surface area contributed by atoms with Crippen LogP contribution in [0, 0.1) is 20.8 Å². The van der Waals surface area contributed by atoms with Crippen LogP contribution in [0.15, 0.2) is 88.7 Å². The molecule has 4 rings (SSSR count). The summed E-state index contributed by atoms with van der Waals surface area (Å²) in [4.78, 5) is 12.9. The Balaban J connectivity index is 1.88. The van der Waals surface area contributed by atoms with Gasteiger partial charge in [0.2, 0.25) is 15.7 Å². The van der Waals surface area contributed by atoms with E-state index in [-0.39, 0.29) is 21.4 Å². The van der Waals surface area contributed by atoms with Crippen molar-refractivity contribution in [2.45, 2.75) is 30.6 Å². The molecule has 4 aromatic rings. The molecule has 0 radical (unpaired) electrons. The van der Waals surface area contributed by atoms with E-state index in [1.165, 1.54) is 16.8 Å². The molecule has 3 aromatic carbocycles. The average molecular weight is 447 g/mol. The van der Waals surface area contributed by atoms with Gasteiger partial charge in [-0.15, -0.1) is 0 Å². The van der Waals surface area contributed by atoms with Crippen LogP contribution in [0.1, 0.15) is 27.2 Å². The van der Waals surface area contributed by atoms with Crippen LogP contribution < -0.4 is 4.74 Å². The summed E-state index contributed by atoms with van der Waals surface area (Å²) in [5, 5.41) is 4.41. The van der Waals surface area contributed by atoms with E-state index in [9.17, 15) is 13.2 Å². The molecule has 162 valence electrons. The number of nitrogens with zero attached hydrogens (tertiary/aromatic N) is 2. The van der Waals surface area contributed by atoms with E-state index in [0.717, 1.165) is 11.1 Å². The van der Waals surface area contributed by atoms with Crippen LogP contribution in [0.3, 0.4) is 0 Å². The molecule has 0 N–H and O–H groups in total. The molecule has 1 aromatic heterocycles. The van der Waals surface area contributed by atoms with Crippen LogP contribution in [-0.4, -0.2) is 24.2 Å². The van der Waals surface area contributed by atoms with Crippen molar-refractivity contribution in [2.75, 3.05) is 0 Å². The normalized spacial score (nSPS) is 11.3. The van der Waals surface area contributed by atoms with E-state index < -0.39 is 15.8 Å². The van der Waals surface area contributed by atoms with Crippen molar-refractivity contribution in [1.29, 1.82) is 0 Å². The van der Waals surface area contributed by atoms with Crippen molar-refractivity contribution in [3.8, 4) is 11.6 Å². The first-order chi connectivity index (χ1) is 15.3. The van der Waals surface area contributed by atoms with Crippen molar-refractivity contribution in [3.63, 3.8) is 0 Å². The first-order valence-corrected chi connectivity index (χ1v) is 11.5. The standard InChI is InChI=1S/C25H22N2O4S/c1-17-9-13-20(14-10-17)25(28)31-24-23(32(29,30)22-15-11-18(2)12-16-22)19(3)26-27(24)21-7-5-4-6-8-21/h4-16H,1-3H3. The van der Waals surface area contributed by atoms with Crippen LogP contribution >= 0.6 is 0 Å². The van der Waals surface area contributed by atoms with Gasteiger partial charge >= 0.3 is 5.97 Å². The third-order valence-corrected chi connectivity index (χ3v) is 6.94. The number of esters is 1. The lowest BCUT2D eigenvalue weighted by atomic mass is 10.1. The number of rotatable bonds is 5. The summed E-state index contributed by atoms with van der Waals surface area (Å²) >= 11 is 0. The zero-order valence-electron chi connectivity index (χ0n) is 17.9. The van der Waals surface area contributed by atoms with E-state index in [1.54, 1.807) is 67.6 Å². The van der Waals surface area contributed by atoms with Crippen molar-refractivity contribution < 1.29 is 17.9 Å². The van der Waals surface area contributed by atoms with Gasteiger partial charge in [0.05, 0.1) is 21.8 Å². The highest BCUT2D eigenvalue weighted by molar-refractivity contribution is 7.91. The van der Waals surface area contributed by atoms with Crippen molar-refractivity contribution in [1.82, 2.24) is 9.78 Å². The van der Waals surface area contributed by atoms with Gasteiger partial charge in [-0.25, -0.2) is 13.2 Å². The lowest BCUT2D eigenvalue weighted by Gasteiger charge is -2.11. The van der Waals surface area contributed by atoms with Crippen LogP contribution in [-0.2, 0) is 9.84 Å². The molecule has 1 heterocycles. The van der Waals surface area contributed by atoms with Crippen LogP contribution in [0.5, 0.6) is 5.88 Å². The molecule has 0 amide bonds. The summed E-state index contributed by atoms with van der Waals surface area (Å²) in [6, 6.07) is 22.3. The molecule has 0 spiro atoms. The van der Waals surface area contributed by atoms with E-state index >= 15 is 0 Å². The Morgan fingerprint density at radius 3 is 1.97 bits per heavy atom. The number of aromatic nitrogens is 2. The van der Waals surface area contributed by atoms with Crippen molar-refractivity contribution in [3.05, 3.63) is 101 Å². The lowest BCUT2D eigenvalue weighted by molar-refractivity contribution is 0.0718. The molecule has 0 bridgehead atoms. The number of carbonyl (C=O) groups excluding carboxylic acids is 1. The van der Waals surface area contributed by atoms with Crippen molar-refractivity contribution >= 4 is 15.8 Å². The number of carbonyl (C=O) groups is 1. The maximum atomic E-state index is 13.5. The number of sulfone groups is 1. The van der Waals surface area contributed by atoms with Crippen LogP contribution in [0.2, 0.25) is 0 Å². The van der Waals surface area contributed by atoms with Crippen LogP contribution in [0.4, 0.5) is 0 Å².